The van der Waals surface area contributed by atoms with Crippen LogP contribution in [0.15, 0.2) is 16.6 Å². The number of hydrogen-bond donors (Lipinski definition) is 2. The third kappa shape index (κ3) is 2.63. The molecule has 0 amide bonds. The highest BCUT2D eigenvalue weighted by atomic mass is 79.9. The summed E-state index contributed by atoms with van der Waals surface area (Å²) in [5.41, 5.74) is 6.70. The molecule has 1 aromatic rings. The molecule has 0 aromatic heterocycles. The minimum atomic E-state index is -0.198. The Labute approximate surface area is 98.4 Å². The monoisotopic (exact) mass is 273 g/mol. The van der Waals surface area contributed by atoms with Gasteiger partial charge in [-0.3, -0.25) is 0 Å². The molecular formula is C11H16BrNO2. The van der Waals surface area contributed by atoms with Gasteiger partial charge < -0.3 is 15.6 Å². The van der Waals surface area contributed by atoms with Gasteiger partial charge in [0.05, 0.1) is 7.11 Å². The Morgan fingerprint density at radius 3 is 2.47 bits per heavy atom. The van der Waals surface area contributed by atoms with Gasteiger partial charge >= 0.3 is 0 Å². The van der Waals surface area contributed by atoms with Crippen LogP contribution < -0.4 is 10.5 Å². The number of nitrogens with two attached hydrogens (primary N) is 1. The molecule has 0 aliphatic heterocycles. The van der Waals surface area contributed by atoms with Crippen LogP contribution in [-0.4, -0.2) is 12.2 Å². The van der Waals surface area contributed by atoms with E-state index in [-0.39, 0.29) is 17.7 Å². The maximum atomic E-state index is 9.91. The Hall–Kier alpha value is -0.740. The second kappa shape index (κ2) is 4.86. The number of ether oxygens (including phenoxy) is 1. The van der Waals surface area contributed by atoms with Crippen LogP contribution in [0.2, 0.25) is 0 Å². The molecule has 84 valence electrons. The molecule has 0 saturated heterocycles. The van der Waals surface area contributed by atoms with Gasteiger partial charge in [-0.2, -0.15) is 0 Å². The zero-order valence-corrected chi connectivity index (χ0v) is 10.7. The van der Waals surface area contributed by atoms with Crippen LogP contribution in [0.1, 0.15) is 25.5 Å². The average molecular weight is 274 g/mol. The van der Waals surface area contributed by atoms with Crippen molar-refractivity contribution in [1.29, 1.82) is 0 Å². The van der Waals surface area contributed by atoms with Crippen LogP contribution in [0, 0.1) is 5.92 Å². The molecule has 1 rings (SSSR count). The molecule has 3 N–H and O–H groups in total. The van der Waals surface area contributed by atoms with Crippen molar-refractivity contribution in [3.8, 4) is 11.5 Å². The molecule has 0 spiro atoms. The van der Waals surface area contributed by atoms with E-state index in [1.165, 1.54) is 7.11 Å². The quantitative estimate of drug-likeness (QED) is 0.891. The Morgan fingerprint density at radius 1 is 1.40 bits per heavy atom. The van der Waals surface area contributed by atoms with E-state index in [4.69, 9.17) is 10.5 Å². The largest absolute Gasteiger partial charge is 0.504 e. The number of hydrogen-bond acceptors (Lipinski definition) is 3. The van der Waals surface area contributed by atoms with E-state index < -0.39 is 0 Å². The van der Waals surface area contributed by atoms with Crippen LogP contribution in [0.4, 0.5) is 0 Å². The number of aromatic hydroxyl groups is 1. The summed E-state index contributed by atoms with van der Waals surface area (Å²) in [6.45, 7) is 4.02. The third-order valence-electron chi connectivity index (χ3n) is 2.37. The molecule has 0 saturated carbocycles. The topological polar surface area (TPSA) is 55.5 Å². The summed E-state index contributed by atoms with van der Waals surface area (Å²) in [6, 6.07) is 3.34. The van der Waals surface area contributed by atoms with Gasteiger partial charge in [-0.05, 0) is 18.1 Å². The van der Waals surface area contributed by atoms with Gasteiger partial charge in [-0.25, -0.2) is 0 Å². The van der Waals surface area contributed by atoms with Gasteiger partial charge in [0.25, 0.3) is 0 Å². The number of benzene rings is 1. The zero-order chi connectivity index (χ0) is 11.6. The molecule has 0 aliphatic carbocycles. The van der Waals surface area contributed by atoms with E-state index in [1.54, 1.807) is 6.07 Å². The molecule has 0 heterocycles. The van der Waals surface area contributed by atoms with Crippen LogP contribution >= 0.6 is 15.9 Å². The first-order chi connectivity index (χ1) is 6.97. The van der Waals surface area contributed by atoms with Gasteiger partial charge in [0.1, 0.15) is 0 Å². The fourth-order valence-corrected chi connectivity index (χ4v) is 1.82. The summed E-state index contributed by atoms with van der Waals surface area (Å²) < 4.78 is 5.91. The smallest absolute Gasteiger partial charge is 0.162 e. The molecule has 1 unspecified atom stereocenters. The van der Waals surface area contributed by atoms with Crippen molar-refractivity contribution in [2.45, 2.75) is 19.9 Å². The summed E-state index contributed by atoms with van der Waals surface area (Å²) in [5.74, 6) is 0.826. The maximum Gasteiger partial charge on any atom is 0.162 e. The molecule has 0 aliphatic rings. The van der Waals surface area contributed by atoms with E-state index in [0.717, 1.165) is 4.47 Å². The molecule has 0 radical (unpaired) electrons. The molecule has 1 atom stereocenters. The highest BCUT2D eigenvalue weighted by molar-refractivity contribution is 9.10. The molecule has 4 heteroatoms. The minimum absolute atomic E-state index is 0.127. The van der Waals surface area contributed by atoms with Crippen molar-refractivity contribution in [3.05, 3.63) is 22.2 Å². The lowest BCUT2D eigenvalue weighted by Gasteiger charge is -2.19. The zero-order valence-electron chi connectivity index (χ0n) is 9.12. The normalized spacial score (nSPS) is 12.9. The van der Waals surface area contributed by atoms with E-state index >= 15 is 0 Å². The average Bonchev–Trinajstić information content (AvgIpc) is 2.19. The Balaban J connectivity index is 3.22. The fourth-order valence-electron chi connectivity index (χ4n) is 1.36. The SMILES string of the molecule is COc1cc(Br)cc(C(N)C(C)C)c1O. The van der Waals surface area contributed by atoms with Crippen molar-refractivity contribution >= 4 is 15.9 Å². The molecule has 1 aromatic carbocycles. The van der Waals surface area contributed by atoms with Gasteiger partial charge in [0, 0.05) is 16.1 Å². The molecule has 15 heavy (non-hydrogen) atoms. The van der Waals surface area contributed by atoms with E-state index in [2.05, 4.69) is 15.9 Å². The number of phenolic OH excluding ortho intramolecular Hbond substituents is 1. The highest BCUT2D eigenvalue weighted by Gasteiger charge is 2.18. The molecular weight excluding hydrogens is 258 g/mol. The minimum Gasteiger partial charge on any atom is -0.504 e. The Bertz CT molecular complexity index is 353. The number of halogens is 1. The second-order valence-electron chi connectivity index (χ2n) is 3.82. The van der Waals surface area contributed by atoms with Gasteiger partial charge in [0.2, 0.25) is 0 Å². The number of rotatable bonds is 3. The predicted molar refractivity (Wildman–Crippen MR) is 64.1 cm³/mol. The van der Waals surface area contributed by atoms with Crippen molar-refractivity contribution in [3.63, 3.8) is 0 Å². The second-order valence-corrected chi connectivity index (χ2v) is 4.73. The summed E-state index contributed by atoms with van der Waals surface area (Å²) in [7, 11) is 1.52. The Morgan fingerprint density at radius 2 is 2.00 bits per heavy atom. The molecule has 0 fully saturated rings. The van der Waals surface area contributed by atoms with E-state index in [1.807, 2.05) is 19.9 Å². The van der Waals surface area contributed by atoms with Crippen molar-refractivity contribution < 1.29 is 9.84 Å². The lowest BCUT2D eigenvalue weighted by Crippen LogP contribution is -2.17. The van der Waals surface area contributed by atoms with Crippen molar-refractivity contribution in [2.75, 3.05) is 7.11 Å². The highest BCUT2D eigenvalue weighted by Crippen LogP contribution is 2.38. The van der Waals surface area contributed by atoms with Crippen LogP contribution in [-0.2, 0) is 0 Å². The molecule has 0 bridgehead atoms. The fraction of sp³-hybridized carbons (Fsp3) is 0.455. The Kier molecular flexibility index (Phi) is 3.99. The predicted octanol–water partition coefficient (Wildman–Crippen LogP) is 2.82. The van der Waals surface area contributed by atoms with Crippen LogP contribution in [0.3, 0.4) is 0 Å². The summed E-state index contributed by atoms with van der Waals surface area (Å²) in [5, 5.41) is 9.91. The summed E-state index contributed by atoms with van der Waals surface area (Å²) >= 11 is 3.36. The first-order valence-corrected chi connectivity index (χ1v) is 5.58. The van der Waals surface area contributed by atoms with E-state index in [9.17, 15) is 5.11 Å². The standard InChI is InChI=1S/C11H16BrNO2/c1-6(2)10(13)8-4-7(12)5-9(15-3)11(8)14/h4-6,10,14H,13H2,1-3H3. The van der Waals surface area contributed by atoms with Gasteiger partial charge in [-0.15, -0.1) is 0 Å². The van der Waals surface area contributed by atoms with Crippen LogP contribution in [0.25, 0.3) is 0 Å². The number of methoxy groups -OCH3 is 1. The lowest BCUT2D eigenvalue weighted by molar-refractivity contribution is 0.364. The summed E-state index contributed by atoms with van der Waals surface area (Å²) in [4.78, 5) is 0. The van der Waals surface area contributed by atoms with Crippen molar-refractivity contribution in [2.24, 2.45) is 11.7 Å². The van der Waals surface area contributed by atoms with E-state index in [0.29, 0.717) is 11.3 Å². The van der Waals surface area contributed by atoms with Crippen molar-refractivity contribution in [1.82, 2.24) is 0 Å². The molecule has 3 nitrogen and oxygen atoms in total. The number of phenols is 1. The first-order valence-electron chi connectivity index (χ1n) is 4.79. The summed E-state index contributed by atoms with van der Waals surface area (Å²) in [6.07, 6.45) is 0. The third-order valence-corrected chi connectivity index (χ3v) is 2.82. The first kappa shape index (κ1) is 12.3. The maximum absolute atomic E-state index is 9.91. The van der Waals surface area contributed by atoms with Gasteiger partial charge in [-0.1, -0.05) is 29.8 Å². The van der Waals surface area contributed by atoms with Crippen LogP contribution in [0.5, 0.6) is 11.5 Å². The lowest BCUT2D eigenvalue weighted by atomic mass is 9.96. The van der Waals surface area contributed by atoms with Gasteiger partial charge in [0.15, 0.2) is 11.5 Å².